The van der Waals surface area contributed by atoms with Gasteiger partial charge in [-0.1, -0.05) is 12.8 Å². The van der Waals surface area contributed by atoms with Crippen molar-refractivity contribution in [2.24, 2.45) is 0 Å². The Morgan fingerprint density at radius 1 is 1.03 bits per heavy atom. The topological polar surface area (TPSA) is 72.5 Å². The molecule has 5 rings (SSSR count). The number of benzene rings is 1. The molecule has 0 unspecified atom stereocenters. The number of piperidine rings is 1. The van der Waals surface area contributed by atoms with Gasteiger partial charge in [0.1, 0.15) is 5.82 Å². The van der Waals surface area contributed by atoms with Gasteiger partial charge in [0.15, 0.2) is 0 Å². The first-order chi connectivity index (χ1) is 16.0. The summed E-state index contributed by atoms with van der Waals surface area (Å²) in [6, 6.07) is 8.18. The van der Waals surface area contributed by atoms with E-state index in [2.05, 4.69) is 9.88 Å². The fourth-order valence-corrected chi connectivity index (χ4v) is 5.74. The number of amides is 1. The first kappa shape index (κ1) is 22.1. The van der Waals surface area contributed by atoms with Crippen molar-refractivity contribution in [1.29, 1.82) is 0 Å². The minimum atomic E-state index is -0.181. The second kappa shape index (κ2) is 9.29. The Balaban J connectivity index is 1.41. The number of anilines is 1. The summed E-state index contributed by atoms with van der Waals surface area (Å²) in [5.74, 6) is 0.669. The van der Waals surface area contributed by atoms with Gasteiger partial charge in [0.2, 0.25) is 0 Å². The number of nitrogens with one attached hydrogen (secondary N) is 1. The van der Waals surface area contributed by atoms with Crippen molar-refractivity contribution in [3.05, 3.63) is 57.3 Å². The average Bonchev–Trinajstić information content (AvgIpc) is 3.38. The number of rotatable bonds is 4. The van der Waals surface area contributed by atoms with Crippen LogP contribution in [0.4, 0.5) is 5.69 Å². The lowest BCUT2D eigenvalue weighted by atomic mass is 9.98. The zero-order valence-electron chi connectivity index (χ0n) is 19.8. The smallest absolute Gasteiger partial charge is 0.254 e. The lowest BCUT2D eigenvalue weighted by Crippen LogP contribution is -2.43. The van der Waals surface area contributed by atoms with Crippen LogP contribution >= 0.6 is 0 Å². The lowest BCUT2D eigenvalue weighted by molar-refractivity contribution is 0.0598. The van der Waals surface area contributed by atoms with E-state index in [0.29, 0.717) is 24.0 Å². The minimum absolute atomic E-state index is 0.0120. The molecule has 3 heterocycles. The molecular formula is C26H35N5O2. The second-order valence-electron chi connectivity index (χ2n) is 9.99. The Morgan fingerprint density at radius 3 is 2.48 bits per heavy atom. The molecule has 1 aromatic carbocycles. The van der Waals surface area contributed by atoms with Crippen LogP contribution in [0.1, 0.15) is 78.4 Å². The number of carbonyl (C=O) groups is 1. The largest absolute Gasteiger partial charge is 0.378 e. The first-order valence-electron chi connectivity index (χ1n) is 12.5. The van der Waals surface area contributed by atoms with Crippen molar-refractivity contribution in [1.82, 2.24) is 19.8 Å². The van der Waals surface area contributed by atoms with Gasteiger partial charge in [-0.2, -0.15) is 0 Å². The molecule has 1 aromatic heterocycles. The third-order valence-corrected chi connectivity index (χ3v) is 7.67. The predicted octanol–water partition coefficient (Wildman–Crippen LogP) is 3.50. The molecule has 0 radical (unpaired) electrons. The van der Waals surface area contributed by atoms with E-state index < -0.39 is 0 Å². The third kappa shape index (κ3) is 4.43. The highest BCUT2D eigenvalue weighted by Gasteiger charge is 2.33. The SMILES string of the molecule is CN(C)c1ccc(C(=O)N2CCCC[C@@H]2c2nc3c(c(=O)[nH]2)CCN(C2CCCC2)C3)cc1. The van der Waals surface area contributed by atoms with E-state index in [1.165, 1.54) is 25.7 Å². The fourth-order valence-electron chi connectivity index (χ4n) is 5.74. The highest BCUT2D eigenvalue weighted by atomic mass is 16.2. The van der Waals surface area contributed by atoms with E-state index in [0.717, 1.165) is 55.7 Å². The zero-order chi connectivity index (χ0) is 22.9. The monoisotopic (exact) mass is 449 g/mol. The molecular weight excluding hydrogens is 414 g/mol. The number of H-pyrrole nitrogens is 1. The Morgan fingerprint density at radius 2 is 1.76 bits per heavy atom. The molecule has 1 atom stereocenters. The normalized spacial score (nSPS) is 21.8. The number of aromatic nitrogens is 2. The number of hydrogen-bond acceptors (Lipinski definition) is 5. The van der Waals surface area contributed by atoms with E-state index >= 15 is 0 Å². The van der Waals surface area contributed by atoms with Crippen molar-refractivity contribution >= 4 is 11.6 Å². The Hall–Kier alpha value is -2.67. The van der Waals surface area contributed by atoms with Crippen molar-refractivity contribution in [2.45, 2.75) is 70.0 Å². The van der Waals surface area contributed by atoms with E-state index in [9.17, 15) is 9.59 Å². The van der Waals surface area contributed by atoms with Gasteiger partial charge in [0, 0.05) is 56.6 Å². The average molecular weight is 450 g/mol. The fraction of sp³-hybridized carbons (Fsp3) is 0.577. The van der Waals surface area contributed by atoms with Crippen molar-refractivity contribution in [3.63, 3.8) is 0 Å². The van der Waals surface area contributed by atoms with Gasteiger partial charge in [-0.15, -0.1) is 0 Å². The molecule has 1 N–H and O–H groups in total. The molecule has 2 aliphatic heterocycles. The van der Waals surface area contributed by atoms with Crippen LogP contribution in [-0.4, -0.2) is 58.9 Å². The van der Waals surface area contributed by atoms with E-state index in [1.807, 2.05) is 48.2 Å². The summed E-state index contributed by atoms with van der Waals surface area (Å²) >= 11 is 0. The van der Waals surface area contributed by atoms with E-state index in [1.54, 1.807) is 0 Å². The molecule has 2 aromatic rings. The summed E-state index contributed by atoms with van der Waals surface area (Å²) in [6.45, 7) is 2.39. The third-order valence-electron chi connectivity index (χ3n) is 7.67. The molecule has 1 amide bonds. The minimum Gasteiger partial charge on any atom is -0.378 e. The Bertz CT molecular complexity index is 1060. The van der Waals surface area contributed by atoms with Crippen LogP contribution in [0.15, 0.2) is 29.1 Å². The number of likely N-dealkylation sites (tertiary alicyclic amines) is 1. The molecule has 1 aliphatic carbocycles. The van der Waals surface area contributed by atoms with Crippen LogP contribution in [0, 0.1) is 0 Å². The van der Waals surface area contributed by atoms with Crippen LogP contribution in [0.3, 0.4) is 0 Å². The maximum atomic E-state index is 13.4. The summed E-state index contributed by atoms with van der Waals surface area (Å²) in [7, 11) is 3.98. The maximum absolute atomic E-state index is 13.4. The summed E-state index contributed by atoms with van der Waals surface area (Å²) in [6.07, 6.45) is 8.71. The van der Waals surface area contributed by atoms with Gasteiger partial charge >= 0.3 is 0 Å². The van der Waals surface area contributed by atoms with Gasteiger partial charge in [-0.25, -0.2) is 4.98 Å². The van der Waals surface area contributed by atoms with Crippen LogP contribution in [0.5, 0.6) is 0 Å². The van der Waals surface area contributed by atoms with Crippen molar-refractivity contribution < 1.29 is 4.79 Å². The van der Waals surface area contributed by atoms with Gasteiger partial charge < -0.3 is 14.8 Å². The maximum Gasteiger partial charge on any atom is 0.254 e. The first-order valence-corrected chi connectivity index (χ1v) is 12.5. The lowest BCUT2D eigenvalue weighted by Gasteiger charge is -2.36. The molecule has 33 heavy (non-hydrogen) atoms. The molecule has 7 heteroatoms. The molecule has 0 bridgehead atoms. The summed E-state index contributed by atoms with van der Waals surface area (Å²) in [5, 5.41) is 0. The number of nitrogens with zero attached hydrogens (tertiary/aromatic N) is 4. The number of aromatic amines is 1. The molecule has 3 aliphatic rings. The van der Waals surface area contributed by atoms with E-state index in [4.69, 9.17) is 4.98 Å². The molecule has 1 saturated heterocycles. The molecule has 0 spiro atoms. The highest BCUT2D eigenvalue weighted by Crippen LogP contribution is 2.32. The predicted molar refractivity (Wildman–Crippen MR) is 130 cm³/mol. The number of hydrogen-bond donors (Lipinski definition) is 1. The van der Waals surface area contributed by atoms with Crippen LogP contribution in [-0.2, 0) is 13.0 Å². The molecule has 176 valence electrons. The summed E-state index contributed by atoms with van der Waals surface area (Å²) in [4.78, 5) is 40.9. The van der Waals surface area contributed by atoms with Crippen LogP contribution in [0.25, 0.3) is 0 Å². The van der Waals surface area contributed by atoms with Gasteiger partial charge in [0.05, 0.1) is 11.7 Å². The van der Waals surface area contributed by atoms with Gasteiger partial charge in [-0.3, -0.25) is 14.5 Å². The van der Waals surface area contributed by atoms with Crippen LogP contribution in [0.2, 0.25) is 0 Å². The summed E-state index contributed by atoms with van der Waals surface area (Å²) in [5.41, 5.74) is 3.48. The van der Waals surface area contributed by atoms with Gasteiger partial charge in [-0.05, 0) is 62.8 Å². The zero-order valence-corrected chi connectivity index (χ0v) is 19.8. The Labute approximate surface area is 195 Å². The molecule has 2 fully saturated rings. The number of fused-ring (bicyclic) bond motifs is 1. The standard InChI is InChI=1S/C26H35N5O2/c1-29(2)19-12-10-18(11-13-19)26(33)31-15-6-5-9-23(31)24-27-22-17-30(20-7-3-4-8-20)16-14-21(22)25(32)28-24/h10-13,20,23H,3-9,14-17H2,1-2H3,(H,27,28,32)/t23-/m1/s1. The van der Waals surface area contributed by atoms with Crippen molar-refractivity contribution in [2.75, 3.05) is 32.1 Å². The molecule has 7 nitrogen and oxygen atoms in total. The summed E-state index contributed by atoms with van der Waals surface area (Å²) < 4.78 is 0. The second-order valence-corrected chi connectivity index (χ2v) is 9.99. The van der Waals surface area contributed by atoms with Crippen molar-refractivity contribution in [3.8, 4) is 0 Å². The van der Waals surface area contributed by atoms with Gasteiger partial charge in [0.25, 0.3) is 11.5 Å². The van der Waals surface area contributed by atoms with Crippen LogP contribution < -0.4 is 10.5 Å². The number of carbonyl (C=O) groups excluding carboxylic acids is 1. The quantitative estimate of drug-likeness (QED) is 0.773. The molecule has 1 saturated carbocycles. The highest BCUT2D eigenvalue weighted by molar-refractivity contribution is 5.94. The Kier molecular flexibility index (Phi) is 6.23. The van der Waals surface area contributed by atoms with E-state index in [-0.39, 0.29) is 17.5 Å².